The van der Waals surface area contributed by atoms with E-state index in [0.717, 1.165) is 7.11 Å². The largest absolute Gasteiger partial charge is 0.418 e. The number of anilines is 1. The predicted octanol–water partition coefficient (Wildman–Crippen LogP) is 4.15. The topological polar surface area (TPSA) is 59.0 Å². The van der Waals surface area contributed by atoms with Gasteiger partial charge in [0, 0.05) is 19.3 Å². The van der Waals surface area contributed by atoms with Gasteiger partial charge in [-0.3, -0.25) is 4.79 Å². The SMILES string of the molecule is CO[C@H](c1ccc(N2CC[C@@]3(CC[C@@H](O)[C@H](OCC(F)(F)F)C3)C2=O)cc1)C(F)(F)F. The van der Waals surface area contributed by atoms with Gasteiger partial charge in [0.05, 0.1) is 17.6 Å². The lowest BCUT2D eigenvalue weighted by molar-refractivity contribution is -0.216. The summed E-state index contributed by atoms with van der Waals surface area (Å²) < 4.78 is 85.9. The second kappa shape index (κ2) is 8.59. The molecule has 0 radical (unpaired) electrons. The molecule has 1 spiro atoms. The average Bonchev–Trinajstić information content (AvgIpc) is 2.98. The number of rotatable bonds is 5. The van der Waals surface area contributed by atoms with Crippen molar-refractivity contribution in [1.82, 2.24) is 0 Å². The molecular weight excluding hydrogens is 432 g/mol. The third-order valence-electron chi connectivity index (χ3n) is 5.95. The van der Waals surface area contributed by atoms with Gasteiger partial charge in [-0.05, 0) is 43.4 Å². The minimum absolute atomic E-state index is 0.0442. The van der Waals surface area contributed by atoms with Gasteiger partial charge in [0.2, 0.25) is 5.91 Å². The predicted molar refractivity (Wildman–Crippen MR) is 97.3 cm³/mol. The summed E-state index contributed by atoms with van der Waals surface area (Å²) in [5.74, 6) is -0.327. The van der Waals surface area contributed by atoms with E-state index in [1.165, 1.54) is 29.2 Å². The van der Waals surface area contributed by atoms with Crippen molar-refractivity contribution in [2.75, 3.05) is 25.2 Å². The Bertz CT molecular complexity index is 781. The Morgan fingerprint density at radius 2 is 1.81 bits per heavy atom. The zero-order chi connectivity index (χ0) is 23.0. The Morgan fingerprint density at radius 1 is 1.16 bits per heavy atom. The molecule has 0 unspecified atom stereocenters. The van der Waals surface area contributed by atoms with Crippen molar-refractivity contribution in [2.45, 2.75) is 56.3 Å². The first kappa shape index (κ1) is 23.8. The summed E-state index contributed by atoms with van der Waals surface area (Å²) in [6, 6.07) is 5.24. The molecule has 1 N–H and O–H groups in total. The number of hydrogen-bond donors (Lipinski definition) is 1. The van der Waals surface area contributed by atoms with Gasteiger partial charge in [0.25, 0.3) is 0 Å². The maximum absolute atomic E-state index is 13.1. The molecule has 1 aromatic rings. The zero-order valence-corrected chi connectivity index (χ0v) is 16.7. The minimum atomic E-state index is -4.59. The van der Waals surface area contributed by atoms with Crippen LogP contribution in [-0.2, 0) is 14.3 Å². The molecule has 2 fully saturated rings. The summed E-state index contributed by atoms with van der Waals surface area (Å²) in [6.45, 7) is -1.24. The molecule has 1 amide bonds. The van der Waals surface area contributed by atoms with Gasteiger partial charge >= 0.3 is 12.4 Å². The van der Waals surface area contributed by atoms with Crippen molar-refractivity contribution < 1.29 is 45.7 Å². The summed E-state index contributed by atoms with van der Waals surface area (Å²) in [5, 5.41) is 10.0. The number of hydrogen-bond acceptors (Lipinski definition) is 4. The molecule has 1 aliphatic heterocycles. The highest BCUT2D eigenvalue weighted by Crippen LogP contribution is 2.47. The second-order valence-corrected chi connectivity index (χ2v) is 8.01. The molecule has 0 bridgehead atoms. The molecule has 11 heteroatoms. The highest BCUT2D eigenvalue weighted by Gasteiger charge is 2.52. The van der Waals surface area contributed by atoms with E-state index in [0.29, 0.717) is 18.5 Å². The molecule has 1 saturated heterocycles. The summed E-state index contributed by atoms with van der Waals surface area (Å²) in [4.78, 5) is 14.5. The minimum Gasteiger partial charge on any atom is -0.390 e. The lowest BCUT2D eigenvalue weighted by Gasteiger charge is -2.39. The standard InChI is InChI=1S/C20H23F6NO4/c1-30-16(20(24,25)26)12-2-4-13(5-3-12)27-9-8-18(17(27)29)7-6-14(28)15(10-18)31-11-19(21,22)23/h2-5,14-16,28H,6-11H2,1H3/t14-,15-,16-,18-/m1/s1. The Balaban J connectivity index is 1.73. The molecule has 174 valence electrons. The summed E-state index contributed by atoms with van der Waals surface area (Å²) in [7, 11) is 0.953. The summed E-state index contributed by atoms with van der Waals surface area (Å²) in [5.41, 5.74) is -0.682. The van der Waals surface area contributed by atoms with Crippen LogP contribution in [0.5, 0.6) is 0 Å². The van der Waals surface area contributed by atoms with Crippen LogP contribution in [0.2, 0.25) is 0 Å². The molecular formula is C20H23F6NO4. The maximum atomic E-state index is 13.1. The molecule has 1 aromatic carbocycles. The van der Waals surface area contributed by atoms with Crippen molar-refractivity contribution in [3.63, 3.8) is 0 Å². The third-order valence-corrected chi connectivity index (χ3v) is 5.95. The Kier molecular flexibility index (Phi) is 6.60. The van der Waals surface area contributed by atoms with Gasteiger partial charge in [0.15, 0.2) is 6.10 Å². The number of aliphatic hydroxyl groups excluding tert-OH is 1. The van der Waals surface area contributed by atoms with Crippen LogP contribution in [0.15, 0.2) is 24.3 Å². The summed E-state index contributed by atoms with van der Waals surface area (Å²) in [6.07, 6.45) is -12.7. The zero-order valence-electron chi connectivity index (χ0n) is 16.7. The highest BCUT2D eigenvalue weighted by molar-refractivity contribution is 6.00. The van der Waals surface area contributed by atoms with Crippen molar-refractivity contribution in [2.24, 2.45) is 5.41 Å². The Labute approximate surface area is 174 Å². The van der Waals surface area contributed by atoms with Crippen LogP contribution in [-0.4, -0.2) is 55.8 Å². The Morgan fingerprint density at radius 3 is 2.35 bits per heavy atom. The fourth-order valence-corrected chi connectivity index (χ4v) is 4.38. The number of halogens is 6. The normalized spacial score (nSPS) is 28.4. The van der Waals surface area contributed by atoms with E-state index in [4.69, 9.17) is 4.74 Å². The third kappa shape index (κ3) is 5.15. The van der Waals surface area contributed by atoms with E-state index < -0.39 is 42.7 Å². The highest BCUT2D eigenvalue weighted by atomic mass is 19.4. The van der Waals surface area contributed by atoms with Gasteiger partial charge in [-0.15, -0.1) is 0 Å². The number of carbonyl (C=O) groups is 1. The lowest BCUT2D eigenvalue weighted by Crippen LogP contribution is -2.46. The van der Waals surface area contributed by atoms with Crippen LogP contribution in [0.25, 0.3) is 0 Å². The molecule has 1 saturated carbocycles. The van der Waals surface area contributed by atoms with Gasteiger partial charge in [-0.2, -0.15) is 26.3 Å². The van der Waals surface area contributed by atoms with E-state index in [1.807, 2.05) is 0 Å². The quantitative estimate of drug-likeness (QED) is 0.678. The molecule has 2 aliphatic rings. The van der Waals surface area contributed by atoms with Crippen molar-refractivity contribution in [3.8, 4) is 0 Å². The number of benzene rings is 1. The number of ether oxygens (including phenoxy) is 2. The monoisotopic (exact) mass is 455 g/mol. The van der Waals surface area contributed by atoms with Crippen LogP contribution in [0.1, 0.15) is 37.4 Å². The molecule has 5 nitrogen and oxygen atoms in total. The number of aliphatic hydroxyl groups is 1. The number of carbonyl (C=O) groups excluding carboxylic acids is 1. The number of amides is 1. The molecule has 31 heavy (non-hydrogen) atoms. The fraction of sp³-hybridized carbons (Fsp3) is 0.650. The number of methoxy groups -OCH3 is 1. The molecule has 0 aromatic heterocycles. The van der Waals surface area contributed by atoms with Crippen molar-refractivity contribution >= 4 is 11.6 Å². The molecule has 4 atom stereocenters. The number of alkyl halides is 6. The van der Waals surface area contributed by atoms with E-state index in [2.05, 4.69) is 4.74 Å². The lowest BCUT2D eigenvalue weighted by atomic mass is 9.70. The molecule has 3 rings (SSSR count). The van der Waals surface area contributed by atoms with Crippen LogP contribution in [0.3, 0.4) is 0 Å². The first-order valence-electron chi connectivity index (χ1n) is 9.74. The second-order valence-electron chi connectivity index (χ2n) is 8.01. The fourth-order valence-electron chi connectivity index (χ4n) is 4.38. The van der Waals surface area contributed by atoms with Crippen LogP contribution in [0.4, 0.5) is 32.0 Å². The van der Waals surface area contributed by atoms with Crippen LogP contribution < -0.4 is 4.90 Å². The van der Waals surface area contributed by atoms with E-state index in [-0.39, 0.29) is 30.9 Å². The maximum Gasteiger partial charge on any atom is 0.418 e. The molecule has 1 heterocycles. The number of nitrogens with zero attached hydrogens (tertiary/aromatic N) is 1. The van der Waals surface area contributed by atoms with Gasteiger partial charge in [-0.25, -0.2) is 0 Å². The van der Waals surface area contributed by atoms with Crippen LogP contribution in [0, 0.1) is 5.41 Å². The van der Waals surface area contributed by atoms with Gasteiger partial charge in [-0.1, -0.05) is 12.1 Å². The van der Waals surface area contributed by atoms with Crippen LogP contribution >= 0.6 is 0 Å². The van der Waals surface area contributed by atoms with E-state index in [9.17, 15) is 36.2 Å². The van der Waals surface area contributed by atoms with E-state index >= 15 is 0 Å². The van der Waals surface area contributed by atoms with Crippen molar-refractivity contribution in [1.29, 1.82) is 0 Å². The first-order chi connectivity index (χ1) is 14.4. The smallest absolute Gasteiger partial charge is 0.390 e. The van der Waals surface area contributed by atoms with Crippen molar-refractivity contribution in [3.05, 3.63) is 29.8 Å². The average molecular weight is 455 g/mol. The molecule has 1 aliphatic carbocycles. The van der Waals surface area contributed by atoms with Gasteiger partial charge in [0.1, 0.15) is 6.61 Å². The van der Waals surface area contributed by atoms with Gasteiger partial charge < -0.3 is 19.5 Å². The van der Waals surface area contributed by atoms with E-state index in [1.54, 1.807) is 0 Å². The summed E-state index contributed by atoms with van der Waals surface area (Å²) >= 11 is 0. The Hall–Kier alpha value is -1.85. The first-order valence-corrected chi connectivity index (χ1v) is 9.74.